The molecule has 0 aliphatic carbocycles. The van der Waals surface area contributed by atoms with Crippen molar-refractivity contribution in [2.45, 2.75) is 23.5 Å². The Balaban J connectivity index is 2.09. The third kappa shape index (κ3) is 4.01. The molecule has 0 spiro atoms. The fourth-order valence-electron chi connectivity index (χ4n) is 1.61. The Kier molecular flexibility index (Phi) is 4.56. The lowest BCUT2D eigenvalue weighted by Gasteiger charge is -2.15. The number of para-hydroxylation sites is 1. The van der Waals surface area contributed by atoms with Crippen LogP contribution in [0.3, 0.4) is 0 Å². The number of hydrogen-bond acceptors (Lipinski definition) is 3. The Labute approximate surface area is 123 Å². The molecule has 21 heavy (non-hydrogen) atoms. The molecule has 1 atom stereocenters. The number of alkyl halides is 3. The molecular weight excluding hydrogens is 303 g/mol. The molecule has 0 saturated heterocycles. The number of hydrogen-bond donors (Lipinski definition) is 2. The quantitative estimate of drug-likeness (QED) is 0.848. The number of nitrogens with one attached hydrogen (secondary N) is 2. The summed E-state index contributed by atoms with van der Waals surface area (Å²) in [7, 11) is 0. The van der Waals surface area contributed by atoms with Crippen molar-refractivity contribution in [2.75, 3.05) is 5.32 Å². The summed E-state index contributed by atoms with van der Waals surface area (Å²) >= 11 is 1.13. The second kappa shape index (κ2) is 6.21. The van der Waals surface area contributed by atoms with E-state index in [1.54, 1.807) is 13.1 Å². The van der Waals surface area contributed by atoms with E-state index in [1.165, 1.54) is 24.4 Å². The van der Waals surface area contributed by atoms with Gasteiger partial charge in [0.2, 0.25) is 5.91 Å². The number of nitrogens with zero attached hydrogens (tertiary/aromatic N) is 1. The average molecular weight is 315 g/mol. The molecule has 112 valence electrons. The largest absolute Gasteiger partial charge is 0.418 e. The highest BCUT2D eigenvalue weighted by Gasteiger charge is 2.33. The van der Waals surface area contributed by atoms with Crippen molar-refractivity contribution in [1.29, 1.82) is 0 Å². The van der Waals surface area contributed by atoms with Crippen LogP contribution in [0.4, 0.5) is 18.9 Å². The fraction of sp³-hybridized carbons (Fsp3) is 0.231. The first-order valence-electron chi connectivity index (χ1n) is 6.01. The van der Waals surface area contributed by atoms with Crippen LogP contribution < -0.4 is 5.32 Å². The lowest BCUT2D eigenvalue weighted by atomic mass is 10.1. The number of carbonyl (C=O) groups excluding carboxylic acids is 1. The van der Waals surface area contributed by atoms with Crippen molar-refractivity contribution in [1.82, 2.24) is 9.97 Å². The molecule has 2 N–H and O–H groups in total. The molecule has 1 unspecified atom stereocenters. The highest BCUT2D eigenvalue weighted by Crippen LogP contribution is 2.34. The Morgan fingerprint density at radius 3 is 2.71 bits per heavy atom. The van der Waals surface area contributed by atoms with Crippen molar-refractivity contribution < 1.29 is 18.0 Å². The molecule has 0 aliphatic heterocycles. The molecule has 0 radical (unpaired) electrons. The molecule has 4 nitrogen and oxygen atoms in total. The summed E-state index contributed by atoms with van der Waals surface area (Å²) in [6.07, 6.45) is -1.38. The number of imidazole rings is 1. The van der Waals surface area contributed by atoms with E-state index in [2.05, 4.69) is 15.3 Å². The summed E-state index contributed by atoms with van der Waals surface area (Å²) in [6, 6.07) is 4.87. The maximum Gasteiger partial charge on any atom is 0.418 e. The topological polar surface area (TPSA) is 57.8 Å². The maximum atomic E-state index is 12.8. The molecule has 1 amide bonds. The van der Waals surface area contributed by atoms with Gasteiger partial charge in [0.05, 0.1) is 16.5 Å². The number of benzene rings is 1. The summed E-state index contributed by atoms with van der Waals surface area (Å²) in [5.41, 5.74) is -1.12. The third-order valence-corrected chi connectivity index (χ3v) is 3.64. The number of halogens is 3. The number of thioether (sulfide) groups is 1. The fourth-order valence-corrected chi connectivity index (χ4v) is 2.37. The molecule has 0 aliphatic rings. The summed E-state index contributed by atoms with van der Waals surface area (Å²) in [4.78, 5) is 18.7. The molecule has 2 aromatic rings. The lowest BCUT2D eigenvalue weighted by molar-refractivity contribution is -0.137. The molecule has 8 heteroatoms. The number of carbonyl (C=O) groups is 1. The van der Waals surface area contributed by atoms with E-state index in [-0.39, 0.29) is 5.69 Å². The first-order chi connectivity index (χ1) is 9.88. The predicted molar refractivity (Wildman–Crippen MR) is 74.0 cm³/mol. The van der Waals surface area contributed by atoms with Crippen LogP contribution >= 0.6 is 11.8 Å². The highest BCUT2D eigenvalue weighted by atomic mass is 32.2. The Bertz CT molecular complexity index is 613. The molecule has 0 saturated carbocycles. The van der Waals surface area contributed by atoms with Gasteiger partial charge in [0.1, 0.15) is 0 Å². The van der Waals surface area contributed by atoms with E-state index < -0.39 is 22.9 Å². The van der Waals surface area contributed by atoms with Gasteiger partial charge < -0.3 is 10.3 Å². The normalized spacial score (nSPS) is 13.0. The van der Waals surface area contributed by atoms with Gasteiger partial charge in [0.25, 0.3) is 0 Å². The van der Waals surface area contributed by atoms with E-state index in [1.807, 2.05) is 0 Å². The molecule has 1 heterocycles. The van der Waals surface area contributed by atoms with Crippen molar-refractivity contribution in [3.05, 3.63) is 42.2 Å². The molecular formula is C13H12F3N3OS. The van der Waals surface area contributed by atoms with Gasteiger partial charge in [-0.3, -0.25) is 4.79 Å². The van der Waals surface area contributed by atoms with Gasteiger partial charge in [-0.25, -0.2) is 4.98 Å². The summed E-state index contributed by atoms with van der Waals surface area (Å²) in [6.45, 7) is 1.60. The zero-order valence-corrected chi connectivity index (χ0v) is 11.8. The maximum absolute atomic E-state index is 12.8. The third-order valence-electron chi connectivity index (χ3n) is 2.62. The Morgan fingerprint density at radius 2 is 2.10 bits per heavy atom. The van der Waals surface area contributed by atoms with Crippen LogP contribution in [0.5, 0.6) is 0 Å². The van der Waals surface area contributed by atoms with Gasteiger partial charge >= 0.3 is 6.18 Å². The zero-order valence-electron chi connectivity index (χ0n) is 10.9. The number of H-pyrrole nitrogens is 1. The number of aromatic amines is 1. The SMILES string of the molecule is CC(Sc1ncc[nH]1)C(=O)Nc1ccccc1C(F)(F)F. The van der Waals surface area contributed by atoms with Crippen LogP contribution in [0.2, 0.25) is 0 Å². The number of aromatic nitrogens is 2. The number of amides is 1. The van der Waals surface area contributed by atoms with Gasteiger partial charge in [0, 0.05) is 12.4 Å². The second-order valence-corrected chi connectivity index (χ2v) is 5.52. The molecule has 2 rings (SSSR count). The predicted octanol–water partition coefficient (Wildman–Crippen LogP) is 3.55. The van der Waals surface area contributed by atoms with Gasteiger partial charge in [-0.05, 0) is 19.1 Å². The van der Waals surface area contributed by atoms with Gasteiger partial charge in [-0.1, -0.05) is 23.9 Å². The molecule has 0 fully saturated rings. The molecule has 1 aromatic carbocycles. The minimum absolute atomic E-state index is 0.248. The van der Waals surface area contributed by atoms with Crippen molar-refractivity contribution >= 4 is 23.4 Å². The highest BCUT2D eigenvalue weighted by molar-refractivity contribution is 8.00. The lowest BCUT2D eigenvalue weighted by Crippen LogP contribution is -2.24. The van der Waals surface area contributed by atoms with E-state index in [0.717, 1.165) is 17.8 Å². The van der Waals surface area contributed by atoms with E-state index >= 15 is 0 Å². The van der Waals surface area contributed by atoms with E-state index in [4.69, 9.17) is 0 Å². The van der Waals surface area contributed by atoms with E-state index in [0.29, 0.717) is 5.16 Å². The van der Waals surface area contributed by atoms with Gasteiger partial charge in [0.15, 0.2) is 5.16 Å². The van der Waals surface area contributed by atoms with Crippen LogP contribution in [0, 0.1) is 0 Å². The van der Waals surface area contributed by atoms with Crippen molar-refractivity contribution in [2.24, 2.45) is 0 Å². The molecule has 1 aromatic heterocycles. The van der Waals surface area contributed by atoms with Crippen LogP contribution in [-0.4, -0.2) is 21.1 Å². The van der Waals surface area contributed by atoms with Crippen LogP contribution in [0.15, 0.2) is 41.8 Å². The van der Waals surface area contributed by atoms with Crippen LogP contribution in [0.25, 0.3) is 0 Å². The van der Waals surface area contributed by atoms with Crippen molar-refractivity contribution in [3.63, 3.8) is 0 Å². The van der Waals surface area contributed by atoms with Gasteiger partial charge in [-0.15, -0.1) is 0 Å². The monoisotopic (exact) mass is 315 g/mol. The minimum Gasteiger partial charge on any atom is -0.340 e. The summed E-state index contributed by atoms with van der Waals surface area (Å²) < 4.78 is 38.5. The summed E-state index contributed by atoms with van der Waals surface area (Å²) in [5, 5.41) is 2.25. The standard InChI is InChI=1S/C13H12F3N3OS/c1-8(21-12-17-6-7-18-12)11(20)19-10-5-3-2-4-9(10)13(14,15)16/h2-8H,1H3,(H,17,18)(H,19,20). The molecule has 0 bridgehead atoms. The average Bonchev–Trinajstić information content (AvgIpc) is 2.91. The summed E-state index contributed by atoms with van der Waals surface area (Å²) in [5.74, 6) is -0.520. The second-order valence-electron chi connectivity index (χ2n) is 4.19. The Morgan fingerprint density at radius 1 is 1.38 bits per heavy atom. The zero-order chi connectivity index (χ0) is 15.5. The van der Waals surface area contributed by atoms with Gasteiger partial charge in [-0.2, -0.15) is 13.2 Å². The number of anilines is 1. The van der Waals surface area contributed by atoms with Crippen LogP contribution in [-0.2, 0) is 11.0 Å². The van der Waals surface area contributed by atoms with E-state index in [9.17, 15) is 18.0 Å². The first kappa shape index (κ1) is 15.4. The number of rotatable bonds is 4. The first-order valence-corrected chi connectivity index (χ1v) is 6.89. The van der Waals surface area contributed by atoms with Crippen molar-refractivity contribution in [3.8, 4) is 0 Å². The smallest absolute Gasteiger partial charge is 0.340 e. The van der Waals surface area contributed by atoms with Crippen LogP contribution in [0.1, 0.15) is 12.5 Å². The minimum atomic E-state index is -4.51. The Hall–Kier alpha value is -1.96.